The number of hydrogen-bond donors (Lipinski definition) is 2. The molecule has 3 heterocycles. The van der Waals surface area contributed by atoms with Crippen molar-refractivity contribution < 1.29 is 4.74 Å². The van der Waals surface area contributed by atoms with Crippen LogP contribution in [0, 0.1) is 0 Å². The fraction of sp³-hybridized carbons (Fsp3) is 0.455. The van der Waals surface area contributed by atoms with Crippen LogP contribution in [0.15, 0.2) is 36.9 Å². The molecule has 1 fully saturated rings. The number of nitrogens with one attached hydrogen (secondary N) is 2. The SMILES string of the molecule is C.C1CCOC1.c1cn[nH]c1.c1cn[nH]c1. The summed E-state index contributed by atoms with van der Waals surface area (Å²) in [4.78, 5) is 0. The predicted octanol–water partition coefficient (Wildman–Crippen LogP) is 2.25. The molecule has 1 aliphatic heterocycles. The molecule has 2 N–H and O–H groups in total. The fourth-order valence-corrected chi connectivity index (χ4v) is 0.941. The molecule has 5 nitrogen and oxygen atoms in total. The van der Waals surface area contributed by atoms with Gasteiger partial charge < -0.3 is 4.74 Å². The molecule has 0 aliphatic carbocycles. The Bertz CT molecular complexity index is 208. The molecule has 0 saturated carbocycles. The molecule has 1 saturated heterocycles. The highest BCUT2D eigenvalue weighted by molar-refractivity contribution is 4.72. The number of nitrogens with zero attached hydrogens (tertiary/aromatic N) is 2. The molecule has 2 aromatic rings. The van der Waals surface area contributed by atoms with Crippen LogP contribution in [0.1, 0.15) is 20.3 Å². The number of aromatic amines is 2. The first-order valence-corrected chi connectivity index (χ1v) is 4.95. The quantitative estimate of drug-likeness (QED) is 0.721. The molecule has 16 heavy (non-hydrogen) atoms. The molecular formula is C11H20N4O. The molecule has 90 valence electrons. The molecule has 3 rings (SSSR count). The monoisotopic (exact) mass is 224 g/mol. The van der Waals surface area contributed by atoms with Gasteiger partial charge in [-0.15, -0.1) is 0 Å². The Balaban J connectivity index is 0.000000205. The van der Waals surface area contributed by atoms with Gasteiger partial charge in [0.1, 0.15) is 0 Å². The second-order valence-electron chi connectivity index (χ2n) is 2.85. The van der Waals surface area contributed by atoms with Gasteiger partial charge in [0.25, 0.3) is 0 Å². The van der Waals surface area contributed by atoms with Gasteiger partial charge in [0.15, 0.2) is 0 Å². The van der Waals surface area contributed by atoms with Crippen molar-refractivity contribution >= 4 is 0 Å². The Labute approximate surface area is 96.2 Å². The van der Waals surface area contributed by atoms with Crippen molar-refractivity contribution in [3.05, 3.63) is 36.9 Å². The summed E-state index contributed by atoms with van der Waals surface area (Å²) in [6.45, 7) is 2.00. The molecule has 0 amide bonds. The van der Waals surface area contributed by atoms with Gasteiger partial charge in [-0.25, -0.2) is 0 Å². The summed E-state index contributed by atoms with van der Waals surface area (Å²) in [5.74, 6) is 0. The largest absolute Gasteiger partial charge is 0.381 e. The Hall–Kier alpha value is -1.62. The van der Waals surface area contributed by atoms with Crippen LogP contribution in [0.5, 0.6) is 0 Å². The van der Waals surface area contributed by atoms with Crippen LogP contribution in [-0.4, -0.2) is 33.6 Å². The standard InChI is InChI=1S/C4H8O.2C3H4N2.CH4/c3*1-2-4-5-3-1;/h1-4H2;2*1-3H,(H,4,5);1H4. The summed E-state index contributed by atoms with van der Waals surface area (Å²) < 4.78 is 4.94. The lowest BCUT2D eigenvalue weighted by Crippen LogP contribution is -1.74. The van der Waals surface area contributed by atoms with E-state index in [1.54, 1.807) is 24.8 Å². The number of ether oxygens (including phenoxy) is 1. The summed E-state index contributed by atoms with van der Waals surface area (Å²) in [6, 6.07) is 3.67. The third kappa shape index (κ3) is 8.96. The minimum atomic E-state index is 0. The number of rotatable bonds is 0. The Morgan fingerprint density at radius 3 is 1.50 bits per heavy atom. The number of H-pyrrole nitrogens is 2. The summed E-state index contributed by atoms with van der Waals surface area (Å²) in [6.07, 6.45) is 9.47. The lowest BCUT2D eigenvalue weighted by Gasteiger charge is -1.76. The van der Waals surface area contributed by atoms with Crippen LogP contribution >= 0.6 is 0 Å². The molecule has 0 bridgehead atoms. The second kappa shape index (κ2) is 11.5. The minimum absolute atomic E-state index is 0. The third-order valence-corrected chi connectivity index (χ3v) is 1.64. The average molecular weight is 224 g/mol. The zero-order valence-corrected chi connectivity index (χ0v) is 8.60. The van der Waals surface area contributed by atoms with Gasteiger partial charge in [-0.1, -0.05) is 7.43 Å². The first-order valence-electron chi connectivity index (χ1n) is 4.95. The first-order chi connectivity index (χ1) is 7.50. The second-order valence-corrected chi connectivity index (χ2v) is 2.85. The van der Waals surface area contributed by atoms with Crippen LogP contribution in [0.3, 0.4) is 0 Å². The lowest BCUT2D eigenvalue weighted by atomic mass is 10.4. The highest BCUT2D eigenvalue weighted by atomic mass is 16.5. The van der Waals surface area contributed by atoms with Crippen LogP contribution in [0.4, 0.5) is 0 Å². The molecule has 5 heteroatoms. The van der Waals surface area contributed by atoms with Gasteiger partial charge in [-0.05, 0) is 25.0 Å². The first kappa shape index (κ1) is 14.4. The van der Waals surface area contributed by atoms with E-state index in [1.807, 2.05) is 12.1 Å². The van der Waals surface area contributed by atoms with Crippen LogP contribution in [-0.2, 0) is 4.74 Å². The molecular weight excluding hydrogens is 204 g/mol. The maximum Gasteiger partial charge on any atom is 0.0487 e. The predicted molar refractivity (Wildman–Crippen MR) is 64.0 cm³/mol. The van der Waals surface area contributed by atoms with E-state index >= 15 is 0 Å². The van der Waals surface area contributed by atoms with Crippen molar-refractivity contribution in [3.63, 3.8) is 0 Å². The molecule has 0 spiro atoms. The van der Waals surface area contributed by atoms with Gasteiger partial charge in [0.05, 0.1) is 0 Å². The highest BCUT2D eigenvalue weighted by Crippen LogP contribution is 1.98. The van der Waals surface area contributed by atoms with E-state index in [1.165, 1.54) is 12.8 Å². The van der Waals surface area contributed by atoms with Gasteiger partial charge in [-0.2, -0.15) is 10.2 Å². The molecule has 0 radical (unpaired) electrons. The summed E-state index contributed by atoms with van der Waals surface area (Å²) >= 11 is 0. The maximum atomic E-state index is 4.94. The number of hydrogen-bond acceptors (Lipinski definition) is 3. The maximum absolute atomic E-state index is 4.94. The van der Waals surface area contributed by atoms with E-state index in [4.69, 9.17) is 4.74 Å². The van der Waals surface area contributed by atoms with Crippen molar-refractivity contribution in [2.24, 2.45) is 0 Å². The van der Waals surface area contributed by atoms with E-state index < -0.39 is 0 Å². The van der Waals surface area contributed by atoms with E-state index in [2.05, 4.69) is 20.4 Å². The summed E-state index contributed by atoms with van der Waals surface area (Å²) in [5, 5.41) is 12.4. The summed E-state index contributed by atoms with van der Waals surface area (Å²) in [7, 11) is 0. The number of aromatic nitrogens is 4. The Kier molecular flexibility index (Phi) is 10.3. The van der Waals surface area contributed by atoms with Gasteiger partial charge in [-0.3, -0.25) is 10.2 Å². The smallest absolute Gasteiger partial charge is 0.0487 e. The zero-order valence-electron chi connectivity index (χ0n) is 8.60. The van der Waals surface area contributed by atoms with Gasteiger partial charge in [0, 0.05) is 38.0 Å². The van der Waals surface area contributed by atoms with E-state index in [9.17, 15) is 0 Å². The topological polar surface area (TPSA) is 66.6 Å². The molecule has 0 atom stereocenters. The normalized spacial score (nSPS) is 12.5. The van der Waals surface area contributed by atoms with Crippen molar-refractivity contribution in [3.8, 4) is 0 Å². The third-order valence-electron chi connectivity index (χ3n) is 1.64. The van der Waals surface area contributed by atoms with Crippen molar-refractivity contribution in [2.45, 2.75) is 20.3 Å². The Morgan fingerprint density at radius 2 is 1.38 bits per heavy atom. The lowest BCUT2D eigenvalue weighted by molar-refractivity contribution is 0.198. The van der Waals surface area contributed by atoms with E-state index in [-0.39, 0.29) is 7.43 Å². The molecule has 1 aliphatic rings. The zero-order chi connectivity index (χ0) is 10.6. The van der Waals surface area contributed by atoms with Crippen LogP contribution < -0.4 is 0 Å². The fourth-order valence-electron chi connectivity index (χ4n) is 0.941. The minimum Gasteiger partial charge on any atom is -0.381 e. The van der Waals surface area contributed by atoms with Crippen molar-refractivity contribution in [2.75, 3.05) is 13.2 Å². The van der Waals surface area contributed by atoms with E-state index in [0.717, 1.165) is 13.2 Å². The summed E-state index contributed by atoms with van der Waals surface area (Å²) in [5.41, 5.74) is 0. The van der Waals surface area contributed by atoms with Crippen molar-refractivity contribution in [1.29, 1.82) is 0 Å². The molecule has 2 aromatic heterocycles. The molecule has 0 unspecified atom stereocenters. The Morgan fingerprint density at radius 1 is 0.875 bits per heavy atom. The average Bonchev–Trinajstić information content (AvgIpc) is 3.09. The molecule has 0 aromatic carbocycles. The van der Waals surface area contributed by atoms with E-state index in [0.29, 0.717) is 0 Å². The van der Waals surface area contributed by atoms with Crippen molar-refractivity contribution in [1.82, 2.24) is 20.4 Å². The highest BCUT2D eigenvalue weighted by Gasteiger charge is 1.94. The van der Waals surface area contributed by atoms with Crippen LogP contribution in [0.25, 0.3) is 0 Å². The van der Waals surface area contributed by atoms with Gasteiger partial charge in [0.2, 0.25) is 0 Å². The van der Waals surface area contributed by atoms with Crippen LogP contribution in [0.2, 0.25) is 0 Å². The van der Waals surface area contributed by atoms with Gasteiger partial charge >= 0.3 is 0 Å².